The van der Waals surface area contributed by atoms with Gasteiger partial charge in [-0.15, -0.1) is 5.10 Å². The second kappa shape index (κ2) is 7.39. The smallest absolute Gasteiger partial charge is 0.236 e. The highest BCUT2D eigenvalue weighted by Gasteiger charge is 2.30. The SMILES string of the molecule is CNC(=O)[C@@H]1C[C@@H](n2cc(-c3ccc(CN4CC=CC4)cc3)nn2)CN1. The third-order valence-corrected chi connectivity index (χ3v) is 5.10. The quantitative estimate of drug-likeness (QED) is 0.784. The fourth-order valence-electron chi connectivity index (χ4n) is 3.57. The molecule has 2 aromatic rings. The zero-order valence-corrected chi connectivity index (χ0v) is 14.9. The van der Waals surface area contributed by atoms with Crippen LogP contribution in [0.25, 0.3) is 11.3 Å². The van der Waals surface area contributed by atoms with E-state index in [0.29, 0.717) is 0 Å². The van der Waals surface area contributed by atoms with Crippen molar-refractivity contribution in [2.75, 3.05) is 26.7 Å². The molecule has 7 heteroatoms. The molecule has 1 aromatic heterocycles. The summed E-state index contributed by atoms with van der Waals surface area (Å²) in [5.74, 6) is 0.0247. The van der Waals surface area contributed by atoms with E-state index in [1.54, 1.807) is 7.05 Å². The van der Waals surface area contributed by atoms with Gasteiger partial charge in [0, 0.05) is 38.8 Å². The predicted molar refractivity (Wildman–Crippen MR) is 99.4 cm³/mol. The number of hydrogen-bond donors (Lipinski definition) is 2. The van der Waals surface area contributed by atoms with Gasteiger partial charge in [-0.05, 0) is 12.0 Å². The number of nitrogens with one attached hydrogen (secondary N) is 2. The number of nitrogens with zero attached hydrogens (tertiary/aromatic N) is 4. The second-order valence-corrected chi connectivity index (χ2v) is 6.91. The van der Waals surface area contributed by atoms with E-state index in [0.717, 1.165) is 43.9 Å². The first-order valence-electron chi connectivity index (χ1n) is 9.06. The first kappa shape index (κ1) is 16.9. The molecule has 0 saturated carbocycles. The summed E-state index contributed by atoms with van der Waals surface area (Å²) in [7, 11) is 1.66. The summed E-state index contributed by atoms with van der Waals surface area (Å²) >= 11 is 0. The van der Waals surface area contributed by atoms with Crippen LogP contribution in [0.5, 0.6) is 0 Å². The van der Waals surface area contributed by atoms with E-state index in [1.165, 1.54) is 5.56 Å². The zero-order chi connectivity index (χ0) is 17.9. The molecule has 0 bridgehead atoms. The van der Waals surface area contributed by atoms with Crippen molar-refractivity contribution in [2.45, 2.75) is 25.0 Å². The number of carbonyl (C=O) groups excluding carboxylic acids is 1. The van der Waals surface area contributed by atoms with E-state index in [9.17, 15) is 4.79 Å². The Labute approximate surface area is 153 Å². The average molecular weight is 352 g/mol. The highest BCUT2D eigenvalue weighted by molar-refractivity contribution is 5.81. The van der Waals surface area contributed by atoms with E-state index in [-0.39, 0.29) is 18.0 Å². The van der Waals surface area contributed by atoms with Crippen molar-refractivity contribution in [3.05, 3.63) is 48.2 Å². The van der Waals surface area contributed by atoms with Crippen molar-refractivity contribution in [3.8, 4) is 11.3 Å². The second-order valence-electron chi connectivity index (χ2n) is 6.91. The fourth-order valence-corrected chi connectivity index (χ4v) is 3.57. The topological polar surface area (TPSA) is 75.1 Å². The Bertz CT molecular complexity index is 789. The standard InChI is InChI=1S/C19H24N6O/c1-20-19(26)17-10-16(11-21-17)25-13-18(22-23-25)15-6-4-14(5-7-15)12-24-8-2-3-9-24/h2-7,13,16-17,21H,8-12H2,1H3,(H,20,26)/t16-,17+/m1/s1. The van der Waals surface area contributed by atoms with Crippen LogP contribution in [0.15, 0.2) is 42.6 Å². The lowest BCUT2D eigenvalue weighted by atomic mass is 10.1. The predicted octanol–water partition coefficient (Wildman–Crippen LogP) is 0.966. The van der Waals surface area contributed by atoms with Crippen molar-refractivity contribution in [1.29, 1.82) is 0 Å². The summed E-state index contributed by atoms with van der Waals surface area (Å²) in [5.41, 5.74) is 3.23. The summed E-state index contributed by atoms with van der Waals surface area (Å²) in [6.07, 6.45) is 7.11. The molecule has 26 heavy (non-hydrogen) atoms. The normalized spacial score (nSPS) is 22.8. The van der Waals surface area contributed by atoms with Crippen LogP contribution >= 0.6 is 0 Å². The molecule has 136 valence electrons. The molecule has 1 aromatic carbocycles. The summed E-state index contributed by atoms with van der Waals surface area (Å²) < 4.78 is 1.87. The van der Waals surface area contributed by atoms with Crippen LogP contribution in [0.4, 0.5) is 0 Å². The van der Waals surface area contributed by atoms with Crippen LogP contribution in [0.2, 0.25) is 0 Å². The number of carbonyl (C=O) groups is 1. The van der Waals surface area contributed by atoms with E-state index in [1.807, 2.05) is 10.9 Å². The molecule has 2 aliphatic heterocycles. The van der Waals surface area contributed by atoms with Crippen molar-refractivity contribution in [1.82, 2.24) is 30.5 Å². The van der Waals surface area contributed by atoms with Gasteiger partial charge in [-0.3, -0.25) is 9.69 Å². The van der Waals surface area contributed by atoms with Crippen LogP contribution < -0.4 is 10.6 Å². The van der Waals surface area contributed by atoms with Gasteiger partial charge in [-0.2, -0.15) is 0 Å². The molecule has 1 saturated heterocycles. The molecular weight excluding hydrogens is 328 g/mol. The highest BCUT2D eigenvalue weighted by Crippen LogP contribution is 2.23. The molecule has 4 rings (SSSR count). The average Bonchev–Trinajstić information content (AvgIpc) is 3.42. The van der Waals surface area contributed by atoms with E-state index < -0.39 is 0 Å². The van der Waals surface area contributed by atoms with Gasteiger partial charge in [0.05, 0.1) is 18.3 Å². The van der Waals surface area contributed by atoms with Gasteiger partial charge < -0.3 is 10.6 Å². The van der Waals surface area contributed by atoms with Gasteiger partial charge in [-0.1, -0.05) is 41.6 Å². The number of hydrogen-bond acceptors (Lipinski definition) is 5. The minimum Gasteiger partial charge on any atom is -0.358 e. The van der Waals surface area contributed by atoms with Crippen LogP contribution in [0.1, 0.15) is 18.0 Å². The maximum absolute atomic E-state index is 11.7. The number of benzene rings is 1. The molecule has 2 aliphatic rings. The minimum atomic E-state index is -0.156. The zero-order valence-electron chi connectivity index (χ0n) is 14.9. The van der Waals surface area contributed by atoms with Gasteiger partial charge in [0.2, 0.25) is 5.91 Å². The fraction of sp³-hybridized carbons (Fsp3) is 0.421. The molecule has 2 atom stereocenters. The molecule has 2 N–H and O–H groups in total. The van der Waals surface area contributed by atoms with Gasteiger partial charge >= 0.3 is 0 Å². The minimum absolute atomic E-state index is 0.0247. The summed E-state index contributed by atoms with van der Waals surface area (Å²) in [6.45, 7) is 3.75. The van der Waals surface area contributed by atoms with Crippen molar-refractivity contribution in [3.63, 3.8) is 0 Å². The number of likely N-dealkylation sites (N-methyl/N-ethyl adjacent to an activating group) is 1. The van der Waals surface area contributed by atoms with Crippen molar-refractivity contribution < 1.29 is 4.79 Å². The largest absolute Gasteiger partial charge is 0.358 e. The Morgan fingerprint density at radius 1 is 1.27 bits per heavy atom. The monoisotopic (exact) mass is 352 g/mol. The molecule has 3 heterocycles. The van der Waals surface area contributed by atoms with E-state index >= 15 is 0 Å². The number of aromatic nitrogens is 3. The Morgan fingerprint density at radius 2 is 2.04 bits per heavy atom. The van der Waals surface area contributed by atoms with Crippen LogP contribution in [0, 0.1) is 0 Å². The summed E-state index contributed by atoms with van der Waals surface area (Å²) in [6, 6.07) is 8.52. The Morgan fingerprint density at radius 3 is 2.77 bits per heavy atom. The maximum atomic E-state index is 11.7. The molecule has 0 spiro atoms. The van der Waals surface area contributed by atoms with Gasteiger partial charge in [0.1, 0.15) is 5.69 Å². The molecule has 1 fully saturated rings. The third-order valence-electron chi connectivity index (χ3n) is 5.10. The van der Waals surface area contributed by atoms with E-state index in [4.69, 9.17) is 0 Å². The van der Waals surface area contributed by atoms with Crippen LogP contribution in [-0.4, -0.2) is 58.5 Å². The number of rotatable bonds is 5. The summed E-state index contributed by atoms with van der Waals surface area (Å²) in [4.78, 5) is 14.1. The van der Waals surface area contributed by atoms with Gasteiger partial charge in [0.25, 0.3) is 0 Å². The summed E-state index contributed by atoms with van der Waals surface area (Å²) in [5, 5.41) is 14.5. The van der Waals surface area contributed by atoms with E-state index in [2.05, 4.69) is 62.3 Å². The van der Waals surface area contributed by atoms with Crippen molar-refractivity contribution in [2.24, 2.45) is 0 Å². The first-order chi connectivity index (χ1) is 12.7. The molecule has 1 amide bonds. The molecule has 0 unspecified atom stereocenters. The molecule has 0 aliphatic carbocycles. The Hall–Kier alpha value is -2.51. The van der Waals surface area contributed by atoms with Crippen molar-refractivity contribution >= 4 is 5.91 Å². The maximum Gasteiger partial charge on any atom is 0.236 e. The lowest BCUT2D eigenvalue weighted by Gasteiger charge is -2.14. The van der Waals surface area contributed by atoms with Crippen LogP contribution in [0.3, 0.4) is 0 Å². The first-order valence-corrected chi connectivity index (χ1v) is 9.06. The lowest BCUT2D eigenvalue weighted by molar-refractivity contribution is -0.122. The molecule has 0 radical (unpaired) electrons. The van der Waals surface area contributed by atoms with Gasteiger partial charge in [0.15, 0.2) is 0 Å². The van der Waals surface area contributed by atoms with Gasteiger partial charge in [-0.25, -0.2) is 4.68 Å². The van der Waals surface area contributed by atoms with Crippen LogP contribution in [-0.2, 0) is 11.3 Å². The Balaban J connectivity index is 1.40. The highest BCUT2D eigenvalue weighted by atomic mass is 16.2. The third kappa shape index (κ3) is 3.54. The molecule has 7 nitrogen and oxygen atoms in total. The molecular formula is C19H24N6O. The lowest BCUT2D eigenvalue weighted by Crippen LogP contribution is -2.38. The Kier molecular flexibility index (Phi) is 4.81. The number of amides is 1.